The van der Waals surface area contributed by atoms with Crippen LogP contribution in [-0.4, -0.2) is 35.2 Å². The number of halogens is 1. The Balaban J connectivity index is 1.83. The molecular formula is C17H16FN3O4. The number of rotatable bonds is 5. The molecule has 1 aromatic carbocycles. The van der Waals surface area contributed by atoms with Gasteiger partial charge in [0.25, 0.3) is 5.91 Å². The Morgan fingerprint density at radius 2 is 2.20 bits per heavy atom. The molecule has 1 amide bonds. The molecule has 0 spiro atoms. The summed E-state index contributed by atoms with van der Waals surface area (Å²) in [5.41, 5.74) is 1.44. The maximum atomic E-state index is 13.3. The van der Waals surface area contributed by atoms with Crippen molar-refractivity contribution in [2.24, 2.45) is 0 Å². The second kappa shape index (κ2) is 6.76. The number of methoxy groups -OCH3 is 1. The van der Waals surface area contributed by atoms with Gasteiger partial charge in [-0.3, -0.25) is 4.79 Å². The van der Waals surface area contributed by atoms with Crippen LogP contribution in [0.25, 0.3) is 10.9 Å². The van der Waals surface area contributed by atoms with E-state index in [1.807, 2.05) is 0 Å². The Kier molecular flexibility index (Phi) is 4.51. The minimum atomic E-state index is -0.918. The van der Waals surface area contributed by atoms with Crippen LogP contribution in [0, 0.1) is 12.7 Å². The fourth-order valence-electron chi connectivity index (χ4n) is 2.59. The monoisotopic (exact) mass is 345 g/mol. The third-order valence-corrected chi connectivity index (χ3v) is 3.81. The van der Waals surface area contributed by atoms with Crippen LogP contribution in [0.1, 0.15) is 21.8 Å². The summed E-state index contributed by atoms with van der Waals surface area (Å²) in [5.74, 6) is -1.01. The zero-order valence-corrected chi connectivity index (χ0v) is 13.6. The highest BCUT2D eigenvalue weighted by Gasteiger charge is 2.25. The first kappa shape index (κ1) is 16.7. The summed E-state index contributed by atoms with van der Waals surface area (Å²) in [5, 5.41) is 6.98. The summed E-state index contributed by atoms with van der Waals surface area (Å²) in [6, 6.07) is 4.87. The molecular weight excluding hydrogens is 329 g/mol. The molecule has 130 valence electrons. The van der Waals surface area contributed by atoms with Crippen molar-refractivity contribution < 1.29 is 23.2 Å². The summed E-state index contributed by atoms with van der Waals surface area (Å²) in [7, 11) is 1.24. The van der Waals surface area contributed by atoms with Gasteiger partial charge >= 0.3 is 5.97 Å². The topological polar surface area (TPSA) is 97.2 Å². The maximum Gasteiger partial charge on any atom is 0.328 e. The Labute approximate surface area is 142 Å². The van der Waals surface area contributed by atoms with Crippen molar-refractivity contribution in [1.82, 2.24) is 15.5 Å². The van der Waals surface area contributed by atoms with E-state index in [1.165, 1.54) is 25.3 Å². The van der Waals surface area contributed by atoms with Gasteiger partial charge in [0.05, 0.1) is 7.11 Å². The van der Waals surface area contributed by atoms with Crippen molar-refractivity contribution in [3.8, 4) is 0 Å². The maximum absolute atomic E-state index is 13.3. The number of ether oxygens (including phenoxy) is 1. The van der Waals surface area contributed by atoms with E-state index in [9.17, 15) is 14.0 Å². The Morgan fingerprint density at radius 1 is 1.40 bits per heavy atom. The number of amides is 1. The Hall–Kier alpha value is -3.16. The van der Waals surface area contributed by atoms with Crippen molar-refractivity contribution >= 4 is 22.8 Å². The first-order valence-corrected chi connectivity index (χ1v) is 7.55. The van der Waals surface area contributed by atoms with Crippen molar-refractivity contribution in [3.05, 3.63) is 53.3 Å². The van der Waals surface area contributed by atoms with Crippen LogP contribution in [0.5, 0.6) is 0 Å². The molecule has 2 heterocycles. The van der Waals surface area contributed by atoms with E-state index >= 15 is 0 Å². The molecule has 3 aromatic rings. The molecule has 0 fully saturated rings. The lowest BCUT2D eigenvalue weighted by molar-refractivity contribution is -0.142. The van der Waals surface area contributed by atoms with E-state index in [0.717, 1.165) is 10.9 Å². The lowest BCUT2D eigenvalue weighted by Gasteiger charge is -2.15. The number of hydrogen-bond acceptors (Lipinski definition) is 5. The van der Waals surface area contributed by atoms with E-state index in [0.29, 0.717) is 11.3 Å². The van der Waals surface area contributed by atoms with Gasteiger partial charge in [-0.25, -0.2) is 9.18 Å². The summed E-state index contributed by atoms with van der Waals surface area (Å²) in [6.07, 6.45) is 1.85. The summed E-state index contributed by atoms with van der Waals surface area (Å²) < 4.78 is 22.9. The van der Waals surface area contributed by atoms with E-state index in [2.05, 4.69) is 15.5 Å². The van der Waals surface area contributed by atoms with Gasteiger partial charge in [-0.2, -0.15) is 0 Å². The largest absolute Gasteiger partial charge is 0.467 e. The zero-order chi connectivity index (χ0) is 18.0. The highest BCUT2D eigenvalue weighted by atomic mass is 19.1. The molecule has 0 aliphatic carbocycles. The first-order chi connectivity index (χ1) is 12.0. The number of hydrogen-bond donors (Lipinski definition) is 2. The van der Waals surface area contributed by atoms with Crippen LogP contribution >= 0.6 is 0 Å². The summed E-state index contributed by atoms with van der Waals surface area (Å²) in [6.45, 7) is 1.66. The highest BCUT2D eigenvalue weighted by Crippen LogP contribution is 2.21. The van der Waals surface area contributed by atoms with E-state index in [1.54, 1.807) is 19.2 Å². The second-order valence-corrected chi connectivity index (χ2v) is 5.58. The SMILES string of the molecule is COC(=O)C(Cc1c[nH]c2cc(F)ccc12)NC(=O)c1cc(C)on1. The van der Waals surface area contributed by atoms with Gasteiger partial charge < -0.3 is 19.6 Å². The summed E-state index contributed by atoms with van der Waals surface area (Å²) >= 11 is 0. The number of H-pyrrole nitrogens is 1. The number of nitrogens with one attached hydrogen (secondary N) is 2. The third kappa shape index (κ3) is 3.52. The average Bonchev–Trinajstić information content (AvgIpc) is 3.19. The van der Waals surface area contributed by atoms with Crippen molar-refractivity contribution in [2.45, 2.75) is 19.4 Å². The number of esters is 1. The van der Waals surface area contributed by atoms with E-state index in [-0.39, 0.29) is 17.9 Å². The lowest BCUT2D eigenvalue weighted by Crippen LogP contribution is -2.43. The highest BCUT2D eigenvalue weighted by molar-refractivity contribution is 5.95. The van der Waals surface area contributed by atoms with Crippen LogP contribution in [0.3, 0.4) is 0 Å². The quantitative estimate of drug-likeness (QED) is 0.690. The smallest absolute Gasteiger partial charge is 0.328 e. The van der Waals surface area contributed by atoms with Crippen LogP contribution in [-0.2, 0) is 16.0 Å². The molecule has 1 atom stereocenters. The number of benzene rings is 1. The minimum absolute atomic E-state index is 0.0763. The van der Waals surface area contributed by atoms with Crippen molar-refractivity contribution in [1.29, 1.82) is 0 Å². The minimum Gasteiger partial charge on any atom is -0.467 e. The number of aryl methyl sites for hydroxylation is 1. The molecule has 1 unspecified atom stereocenters. The molecule has 7 nitrogen and oxygen atoms in total. The molecule has 0 bridgehead atoms. The molecule has 3 rings (SSSR count). The van der Waals surface area contributed by atoms with Crippen molar-refractivity contribution in [3.63, 3.8) is 0 Å². The fourth-order valence-corrected chi connectivity index (χ4v) is 2.59. The van der Waals surface area contributed by atoms with Gasteiger partial charge in [-0.15, -0.1) is 0 Å². The second-order valence-electron chi connectivity index (χ2n) is 5.58. The van der Waals surface area contributed by atoms with Crippen LogP contribution in [0.2, 0.25) is 0 Å². The molecule has 0 radical (unpaired) electrons. The molecule has 2 aromatic heterocycles. The number of aromatic nitrogens is 2. The summed E-state index contributed by atoms with van der Waals surface area (Å²) in [4.78, 5) is 27.2. The standard InChI is InChI=1S/C17H16FN3O4/c1-9-5-14(21-25-9)16(22)20-15(17(23)24-2)6-10-8-19-13-7-11(18)3-4-12(10)13/h3-5,7-8,15,19H,6H2,1-2H3,(H,20,22). The van der Waals surface area contributed by atoms with Crippen LogP contribution < -0.4 is 5.32 Å². The molecule has 0 aliphatic rings. The number of fused-ring (bicyclic) bond motifs is 1. The van der Waals surface area contributed by atoms with Gasteiger partial charge in [0.1, 0.15) is 17.6 Å². The number of carbonyl (C=O) groups excluding carboxylic acids is 2. The molecule has 25 heavy (non-hydrogen) atoms. The normalized spacial score (nSPS) is 12.1. The Bertz CT molecular complexity index is 931. The molecule has 0 saturated heterocycles. The number of carbonyl (C=O) groups is 2. The first-order valence-electron chi connectivity index (χ1n) is 7.55. The van der Waals surface area contributed by atoms with E-state index < -0.39 is 17.9 Å². The van der Waals surface area contributed by atoms with Crippen LogP contribution in [0.15, 0.2) is 35.0 Å². The molecule has 0 saturated carbocycles. The number of nitrogens with zero attached hydrogens (tertiary/aromatic N) is 1. The Morgan fingerprint density at radius 3 is 2.88 bits per heavy atom. The van der Waals surface area contributed by atoms with E-state index in [4.69, 9.17) is 9.26 Å². The predicted octanol–water partition coefficient (Wildman–Crippen LogP) is 2.12. The molecule has 8 heteroatoms. The van der Waals surface area contributed by atoms with Gasteiger partial charge in [-0.1, -0.05) is 5.16 Å². The van der Waals surface area contributed by atoms with Crippen molar-refractivity contribution in [2.75, 3.05) is 7.11 Å². The van der Waals surface area contributed by atoms with Gasteiger partial charge in [0, 0.05) is 29.6 Å². The average molecular weight is 345 g/mol. The lowest BCUT2D eigenvalue weighted by atomic mass is 10.0. The zero-order valence-electron chi connectivity index (χ0n) is 13.6. The van der Waals surface area contributed by atoms with Gasteiger partial charge in [0.15, 0.2) is 5.69 Å². The molecule has 2 N–H and O–H groups in total. The fraction of sp³-hybridized carbons (Fsp3) is 0.235. The number of aromatic amines is 1. The van der Waals surface area contributed by atoms with Gasteiger partial charge in [-0.05, 0) is 30.7 Å². The van der Waals surface area contributed by atoms with Gasteiger partial charge in [0.2, 0.25) is 0 Å². The molecule has 0 aliphatic heterocycles. The predicted molar refractivity (Wildman–Crippen MR) is 86.5 cm³/mol. The third-order valence-electron chi connectivity index (χ3n) is 3.81. The van der Waals surface area contributed by atoms with Crippen LogP contribution in [0.4, 0.5) is 4.39 Å².